The van der Waals surface area contributed by atoms with E-state index in [1.807, 2.05) is 0 Å². The molecule has 0 aromatic heterocycles. The van der Waals surface area contributed by atoms with Crippen molar-refractivity contribution in [2.45, 2.75) is 39.2 Å². The highest BCUT2D eigenvalue weighted by molar-refractivity contribution is 5.81. The zero-order valence-electron chi connectivity index (χ0n) is 9.05. The molecule has 3 heteroatoms. The Bertz CT molecular complexity index is 206. The zero-order valence-corrected chi connectivity index (χ0v) is 9.05. The van der Waals surface area contributed by atoms with Gasteiger partial charge in [-0.15, -0.1) is 12.3 Å². The van der Waals surface area contributed by atoms with Gasteiger partial charge in [0.1, 0.15) is 0 Å². The predicted octanol–water partition coefficient (Wildman–Crippen LogP) is 0.889. The summed E-state index contributed by atoms with van der Waals surface area (Å²) in [6.45, 7) is 5.01. The normalized spacial score (nSPS) is 12.2. The maximum Gasteiger partial charge on any atom is 0.237 e. The molecule has 0 heterocycles. The van der Waals surface area contributed by atoms with Crippen molar-refractivity contribution in [3.8, 4) is 12.3 Å². The molecule has 3 N–H and O–H groups in total. The van der Waals surface area contributed by atoms with E-state index in [1.54, 1.807) is 0 Å². The third kappa shape index (κ3) is 6.50. The summed E-state index contributed by atoms with van der Waals surface area (Å²) in [5, 5.41) is 2.76. The van der Waals surface area contributed by atoms with Crippen LogP contribution < -0.4 is 11.1 Å². The van der Waals surface area contributed by atoms with Gasteiger partial charge in [0.15, 0.2) is 0 Å². The number of nitrogens with two attached hydrogens (primary N) is 1. The Morgan fingerprint density at radius 3 is 2.71 bits per heavy atom. The monoisotopic (exact) mass is 196 g/mol. The molecular weight excluding hydrogens is 176 g/mol. The Hall–Kier alpha value is -1.01. The highest BCUT2D eigenvalue weighted by Gasteiger charge is 2.10. The first kappa shape index (κ1) is 13.0. The molecule has 0 aromatic carbocycles. The molecule has 0 fully saturated rings. The van der Waals surface area contributed by atoms with Crippen LogP contribution >= 0.6 is 0 Å². The van der Waals surface area contributed by atoms with Gasteiger partial charge in [-0.2, -0.15) is 0 Å². The largest absolute Gasteiger partial charge is 0.355 e. The van der Waals surface area contributed by atoms with Gasteiger partial charge in [-0.1, -0.05) is 13.8 Å². The molecule has 0 aliphatic heterocycles. The van der Waals surface area contributed by atoms with Gasteiger partial charge in [0.05, 0.1) is 6.04 Å². The average molecular weight is 196 g/mol. The van der Waals surface area contributed by atoms with Crippen molar-refractivity contribution in [3.05, 3.63) is 0 Å². The van der Waals surface area contributed by atoms with Gasteiger partial charge in [-0.25, -0.2) is 0 Å². The van der Waals surface area contributed by atoms with E-state index in [0.29, 0.717) is 18.9 Å². The van der Waals surface area contributed by atoms with Crippen molar-refractivity contribution in [1.29, 1.82) is 0 Å². The lowest BCUT2D eigenvalue weighted by molar-refractivity contribution is -0.122. The molecule has 0 rings (SSSR count). The van der Waals surface area contributed by atoms with Crippen molar-refractivity contribution in [1.82, 2.24) is 5.32 Å². The first-order valence-electron chi connectivity index (χ1n) is 5.04. The minimum absolute atomic E-state index is 0.147. The van der Waals surface area contributed by atoms with Gasteiger partial charge in [-0.3, -0.25) is 4.79 Å². The van der Waals surface area contributed by atoms with Crippen LogP contribution in [0.2, 0.25) is 0 Å². The van der Waals surface area contributed by atoms with Gasteiger partial charge >= 0.3 is 0 Å². The number of amides is 1. The summed E-state index contributed by atoms with van der Waals surface area (Å²) in [6.07, 6.45) is 7.46. The number of hydrogen-bond donors (Lipinski definition) is 2. The zero-order chi connectivity index (χ0) is 11.0. The molecule has 14 heavy (non-hydrogen) atoms. The summed E-state index contributed by atoms with van der Waals surface area (Å²) in [7, 11) is 0. The molecule has 1 unspecified atom stereocenters. The van der Waals surface area contributed by atoms with Gasteiger partial charge in [0.25, 0.3) is 0 Å². The Morgan fingerprint density at radius 2 is 2.21 bits per heavy atom. The van der Waals surface area contributed by atoms with Gasteiger partial charge in [0.2, 0.25) is 5.91 Å². The molecule has 0 aromatic rings. The van der Waals surface area contributed by atoms with Crippen LogP contribution in [0.25, 0.3) is 0 Å². The van der Waals surface area contributed by atoms with E-state index in [-0.39, 0.29) is 5.91 Å². The summed E-state index contributed by atoms with van der Waals surface area (Å²) in [5.41, 5.74) is 5.52. The van der Waals surface area contributed by atoms with Crippen LogP contribution in [0.1, 0.15) is 33.1 Å². The molecular formula is C11H20N2O. The van der Waals surface area contributed by atoms with Gasteiger partial charge < -0.3 is 11.1 Å². The number of carbonyl (C=O) groups excluding carboxylic acids is 1. The molecule has 3 nitrogen and oxygen atoms in total. The fourth-order valence-corrected chi connectivity index (χ4v) is 1.07. The fourth-order valence-electron chi connectivity index (χ4n) is 1.07. The number of nitrogens with one attached hydrogen (secondary N) is 1. The predicted molar refractivity (Wildman–Crippen MR) is 58.5 cm³/mol. The van der Waals surface area contributed by atoms with Crippen LogP contribution in [-0.2, 0) is 4.79 Å². The fraction of sp³-hybridized carbons (Fsp3) is 0.727. The van der Waals surface area contributed by atoms with E-state index in [1.165, 1.54) is 0 Å². The number of rotatable bonds is 6. The van der Waals surface area contributed by atoms with Crippen LogP contribution in [0.5, 0.6) is 0 Å². The molecule has 0 saturated heterocycles. The molecule has 1 atom stereocenters. The molecule has 80 valence electrons. The second-order valence-corrected chi connectivity index (χ2v) is 3.84. The van der Waals surface area contributed by atoms with Gasteiger partial charge in [0, 0.05) is 13.0 Å². The highest BCUT2D eigenvalue weighted by atomic mass is 16.2. The van der Waals surface area contributed by atoms with E-state index in [2.05, 4.69) is 25.1 Å². The molecule has 0 radical (unpaired) electrons. The smallest absolute Gasteiger partial charge is 0.237 e. The minimum Gasteiger partial charge on any atom is -0.355 e. The molecule has 0 aliphatic carbocycles. The maximum absolute atomic E-state index is 11.2. The van der Waals surface area contributed by atoms with E-state index < -0.39 is 6.04 Å². The van der Waals surface area contributed by atoms with Crippen LogP contribution in [-0.4, -0.2) is 18.5 Å². The van der Waals surface area contributed by atoms with E-state index in [4.69, 9.17) is 12.2 Å². The van der Waals surface area contributed by atoms with Crippen LogP contribution in [0.4, 0.5) is 0 Å². The van der Waals surface area contributed by atoms with Crippen molar-refractivity contribution in [2.75, 3.05) is 6.54 Å². The van der Waals surface area contributed by atoms with E-state index >= 15 is 0 Å². The minimum atomic E-state index is -0.556. The summed E-state index contributed by atoms with van der Waals surface area (Å²) >= 11 is 0. The van der Waals surface area contributed by atoms with E-state index in [9.17, 15) is 4.79 Å². The summed E-state index contributed by atoms with van der Waals surface area (Å²) in [6, 6.07) is -0.556. The van der Waals surface area contributed by atoms with Crippen molar-refractivity contribution < 1.29 is 4.79 Å². The van der Waals surface area contributed by atoms with Crippen molar-refractivity contribution >= 4 is 5.91 Å². The summed E-state index contributed by atoms with van der Waals surface area (Å²) in [5.74, 6) is 2.90. The molecule has 0 saturated carbocycles. The Labute approximate surface area is 86.4 Å². The lowest BCUT2D eigenvalue weighted by atomic mass is 10.1. The second kappa shape index (κ2) is 7.40. The van der Waals surface area contributed by atoms with Crippen molar-refractivity contribution in [2.24, 2.45) is 11.7 Å². The lowest BCUT2D eigenvalue weighted by Crippen LogP contribution is -2.40. The number of terminal acetylenes is 1. The topological polar surface area (TPSA) is 55.1 Å². The molecule has 0 bridgehead atoms. The van der Waals surface area contributed by atoms with Crippen LogP contribution in [0, 0.1) is 18.3 Å². The SMILES string of the molecule is C#CCC(N)C(=O)NCCCC(C)C. The highest BCUT2D eigenvalue weighted by Crippen LogP contribution is 2.01. The Balaban J connectivity index is 3.50. The number of hydrogen-bond acceptors (Lipinski definition) is 2. The van der Waals surface area contributed by atoms with Crippen LogP contribution in [0.15, 0.2) is 0 Å². The standard InChI is InChI=1S/C11H20N2O/c1-4-6-10(12)11(14)13-8-5-7-9(2)3/h1,9-10H,5-8,12H2,2-3H3,(H,13,14). The maximum atomic E-state index is 11.2. The van der Waals surface area contributed by atoms with Crippen molar-refractivity contribution in [3.63, 3.8) is 0 Å². The van der Waals surface area contributed by atoms with Gasteiger partial charge in [-0.05, 0) is 18.8 Å². The lowest BCUT2D eigenvalue weighted by Gasteiger charge is -2.10. The first-order valence-corrected chi connectivity index (χ1v) is 5.04. The third-order valence-electron chi connectivity index (χ3n) is 1.93. The molecule has 0 spiro atoms. The average Bonchev–Trinajstić information content (AvgIpc) is 2.12. The second-order valence-electron chi connectivity index (χ2n) is 3.84. The Kier molecular flexibility index (Phi) is 6.87. The first-order chi connectivity index (χ1) is 6.57. The number of carbonyl (C=O) groups is 1. The molecule has 1 amide bonds. The Morgan fingerprint density at radius 1 is 1.57 bits per heavy atom. The summed E-state index contributed by atoms with van der Waals surface area (Å²) < 4.78 is 0. The third-order valence-corrected chi connectivity index (χ3v) is 1.93. The quantitative estimate of drug-likeness (QED) is 0.489. The van der Waals surface area contributed by atoms with E-state index in [0.717, 1.165) is 12.8 Å². The summed E-state index contributed by atoms with van der Waals surface area (Å²) in [4.78, 5) is 11.2. The molecule has 0 aliphatic rings. The van der Waals surface area contributed by atoms with Crippen LogP contribution in [0.3, 0.4) is 0 Å².